The fraction of sp³-hybridized carbons (Fsp3) is 0.0667. The zero-order chi connectivity index (χ0) is 24.2. The molecule has 35 heavy (non-hydrogen) atoms. The Hall–Kier alpha value is -4.64. The third kappa shape index (κ3) is 4.70. The summed E-state index contributed by atoms with van der Waals surface area (Å²) >= 11 is 0. The molecule has 1 aliphatic rings. The summed E-state index contributed by atoms with van der Waals surface area (Å²) < 4.78 is 11.1. The van der Waals surface area contributed by atoms with Crippen LogP contribution in [0.5, 0.6) is 17.2 Å². The van der Waals surface area contributed by atoms with Crippen LogP contribution < -0.4 is 9.47 Å². The molecule has 0 fully saturated rings. The molecule has 0 unspecified atom stereocenters. The molecule has 4 aromatic carbocycles. The number of benzene rings is 4. The lowest BCUT2D eigenvalue weighted by atomic mass is 9.91. The Morgan fingerprint density at radius 2 is 1.26 bits per heavy atom. The lowest BCUT2D eigenvalue weighted by molar-refractivity contribution is -0.123. The SMILES string of the molecule is COc1ccc(CN2C(=O)/C(=C/c3ccc(Oc4ccccc4)cc3)c3ccccc3C2=O)cc1. The van der Waals surface area contributed by atoms with E-state index in [9.17, 15) is 9.59 Å². The fourth-order valence-electron chi connectivity index (χ4n) is 4.02. The van der Waals surface area contributed by atoms with E-state index in [0.717, 1.165) is 22.6 Å². The van der Waals surface area contributed by atoms with Crippen LogP contribution in [0.25, 0.3) is 11.6 Å². The molecule has 0 aromatic heterocycles. The number of carbonyl (C=O) groups is 2. The molecule has 0 aliphatic carbocycles. The summed E-state index contributed by atoms with van der Waals surface area (Å²) in [5.74, 6) is 1.54. The number of nitrogens with zero attached hydrogens (tertiary/aromatic N) is 1. The average molecular weight is 462 g/mol. The van der Waals surface area contributed by atoms with Gasteiger partial charge in [0.05, 0.1) is 13.7 Å². The number of amides is 2. The molecule has 172 valence electrons. The molecule has 0 bridgehead atoms. The van der Waals surface area contributed by atoms with Crippen molar-refractivity contribution in [2.75, 3.05) is 7.11 Å². The summed E-state index contributed by atoms with van der Waals surface area (Å²) in [4.78, 5) is 28.0. The Bertz CT molecular complexity index is 1390. The first-order valence-electron chi connectivity index (χ1n) is 11.3. The minimum atomic E-state index is -0.325. The largest absolute Gasteiger partial charge is 0.497 e. The molecule has 5 heteroatoms. The molecule has 1 heterocycles. The van der Waals surface area contributed by atoms with E-state index < -0.39 is 0 Å². The highest BCUT2D eigenvalue weighted by Gasteiger charge is 2.34. The number of ether oxygens (including phenoxy) is 2. The van der Waals surface area contributed by atoms with E-state index in [1.54, 1.807) is 13.2 Å². The lowest BCUT2D eigenvalue weighted by Crippen LogP contribution is -2.41. The molecule has 0 spiro atoms. The number of rotatable bonds is 6. The van der Waals surface area contributed by atoms with E-state index in [0.29, 0.717) is 22.4 Å². The molecule has 1 aliphatic heterocycles. The molecule has 0 saturated heterocycles. The Balaban J connectivity index is 1.45. The van der Waals surface area contributed by atoms with E-state index >= 15 is 0 Å². The van der Waals surface area contributed by atoms with E-state index in [1.807, 2.05) is 103 Å². The minimum absolute atomic E-state index is 0.178. The first-order chi connectivity index (χ1) is 17.1. The van der Waals surface area contributed by atoms with E-state index in [1.165, 1.54) is 4.90 Å². The molecule has 0 N–H and O–H groups in total. The summed E-state index contributed by atoms with van der Waals surface area (Å²) in [5, 5.41) is 0. The zero-order valence-corrected chi connectivity index (χ0v) is 19.2. The first-order valence-corrected chi connectivity index (χ1v) is 11.3. The Kier molecular flexibility index (Phi) is 6.14. The van der Waals surface area contributed by atoms with Crippen LogP contribution in [-0.4, -0.2) is 23.8 Å². The number of methoxy groups -OCH3 is 1. The van der Waals surface area contributed by atoms with Crippen LogP contribution in [0.1, 0.15) is 27.0 Å². The predicted octanol–water partition coefficient (Wildman–Crippen LogP) is 6.21. The van der Waals surface area contributed by atoms with Crippen LogP contribution >= 0.6 is 0 Å². The standard InChI is InChI=1S/C30H23NO4/c1-34-23-15-13-22(14-16-23)20-31-29(32)27-10-6-5-9-26(27)28(30(31)33)19-21-11-17-25(18-12-21)35-24-7-3-2-4-8-24/h2-19H,20H2,1H3/b28-19+. The zero-order valence-electron chi connectivity index (χ0n) is 19.2. The maximum Gasteiger partial charge on any atom is 0.261 e. The quantitative estimate of drug-likeness (QED) is 0.253. The van der Waals surface area contributed by atoms with Crippen molar-refractivity contribution < 1.29 is 19.1 Å². The van der Waals surface area contributed by atoms with Gasteiger partial charge in [0.25, 0.3) is 11.8 Å². The number of carbonyl (C=O) groups excluding carboxylic acids is 2. The van der Waals surface area contributed by atoms with Gasteiger partial charge in [-0.2, -0.15) is 0 Å². The van der Waals surface area contributed by atoms with Crippen molar-refractivity contribution in [3.8, 4) is 17.2 Å². The van der Waals surface area contributed by atoms with Crippen molar-refractivity contribution in [1.29, 1.82) is 0 Å². The van der Waals surface area contributed by atoms with Crippen LogP contribution in [0, 0.1) is 0 Å². The maximum absolute atomic E-state index is 13.5. The van der Waals surface area contributed by atoms with Crippen molar-refractivity contribution in [2.45, 2.75) is 6.54 Å². The molecule has 5 rings (SSSR count). The minimum Gasteiger partial charge on any atom is -0.497 e. The number of imide groups is 1. The first kappa shape index (κ1) is 22.2. The predicted molar refractivity (Wildman–Crippen MR) is 135 cm³/mol. The van der Waals surface area contributed by atoms with Crippen molar-refractivity contribution in [2.24, 2.45) is 0 Å². The molecular weight excluding hydrogens is 438 g/mol. The summed E-state index contributed by atoms with van der Waals surface area (Å²) in [5.41, 5.74) is 3.30. The van der Waals surface area contributed by atoms with Crippen LogP contribution in [0.3, 0.4) is 0 Å². The van der Waals surface area contributed by atoms with E-state index in [2.05, 4.69) is 0 Å². The van der Waals surface area contributed by atoms with Crippen LogP contribution in [0.2, 0.25) is 0 Å². The third-order valence-corrected chi connectivity index (χ3v) is 5.84. The average Bonchev–Trinajstić information content (AvgIpc) is 2.91. The molecule has 5 nitrogen and oxygen atoms in total. The van der Waals surface area contributed by atoms with Gasteiger partial charge in [-0.1, -0.05) is 60.7 Å². The summed E-state index contributed by atoms with van der Waals surface area (Å²) in [6.45, 7) is 0.178. The molecule has 0 radical (unpaired) electrons. The summed E-state index contributed by atoms with van der Waals surface area (Å²) in [6.07, 6.45) is 1.82. The summed E-state index contributed by atoms with van der Waals surface area (Å²) in [6, 6.07) is 31.6. The Morgan fingerprint density at radius 1 is 0.657 bits per heavy atom. The Labute approximate surface area is 203 Å². The fourth-order valence-corrected chi connectivity index (χ4v) is 4.02. The molecule has 0 atom stereocenters. The van der Waals surface area contributed by atoms with E-state index in [4.69, 9.17) is 9.47 Å². The second-order valence-corrected chi connectivity index (χ2v) is 8.13. The monoisotopic (exact) mass is 461 g/mol. The topological polar surface area (TPSA) is 55.8 Å². The highest BCUT2D eigenvalue weighted by Crippen LogP contribution is 2.32. The van der Waals surface area contributed by atoms with Gasteiger partial charge in [-0.15, -0.1) is 0 Å². The third-order valence-electron chi connectivity index (χ3n) is 5.84. The number of para-hydroxylation sites is 1. The normalized spacial score (nSPS) is 14.1. The van der Waals surface area contributed by atoms with Gasteiger partial charge in [0.1, 0.15) is 17.2 Å². The molecule has 2 amide bonds. The van der Waals surface area contributed by atoms with Crippen molar-refractivity contribution in [1.82, 2.24) is 4.90 Å². The van der Waals surface area contributed by atoms with Gasteiger partial charge in [0, 0.05) is 11.1 Å². The lowest BCUT2D eigenvalue weighted by Gasteiger charge is -2.28. The van der Waals surface area contributed by atoms with Gasteiger partial charge in [0.15, 0.2) is 0 Å². The smallest absolute Gasteiger partial charge is 0.261 e. The van der Waals surface area contributed by atoms with Crippen LogP contribution in [0.4, 0.5) is 0 Å². The molecular formula is C30H23NO4. The van der Waals surface area contributed by atoms with Gasteiger partial charge in [-0.25, -0.2) is 0 Å². The molecule has 0 saturated carbocycles. The second kappa shape index (κ2) is 9.69. The van der Waals surface area contributed by atoms with Crippen molar-refractivity contribution >= 4 is 23.5 Å². The number of fused-ring (bicyclic) bond motifs is 1. The van der Waals surface area contributed by atoms with Gasteiger partial charge >= 0.3 is 0 Å². The van der Waals surface area contributed by atoms with Crippen molar-refractivity contribution in [3.05, 3.63) is 125 Å². The van der Waals surface area contributed by atoms with Gasteiger partial charge in [0.2, 0.25) is 0 Å². The van der Waals surface area contributed by atoms with Crippen molar-refractivity contribution in [3.63, 3.8) is 0 Å². The maximum atomic E-state index is 13.5. The number of hydrogen-bond acceptors (Lipinski definition) is 4. The number of hydrogen-bond donors (Lipinski definition) is 0. The van der Waals surface area contributed by atoms with E-state index in [-0.39, 0.29) is 18.4 Å². The Morgan fingerprint density at radius 3 is 1.94 bits per heavy atom. The van der Waals surface area contributed by atoms with Gasteiger partial charge in [-0.3, -0.25) is 14.5 Å². The highest BCUT2D eigenvalue weighted by atomic mass is 16.5. The van der Waals surface area contributed by atoms with Gasteiger partial charge < -0.3 is 9.47 Å². The summed E-state index contributed by atoms with van der Waals surface area (Å²) in [7, 11) is 1.60. The molecule has 4 aromatic rings. The van der Waals surface area contributed by atoms with Crippen LogP contribution in [-0.2, 0) is 11.3 Å². The van der Waals surface area contributed by atoms with Gasteiger partial charge in [-0.05, 0) is 65.2 Å². The highest BCUT2D eigenvalue weighted by molar-refractivity contribution is 6.33. The second-order valence-electron chi connectivity index (χ2n) is 8.13. The van der Waals surface area contributed by atoms with Crippen LogP contribution in [0.15, 0.2) is 103 Å².